The number of carbonyl (C=O) groups is 1. The average Bonchev–Trinajstić information content (AvgIpc) is 2.60. The molecule has 5 nitrogen and oxygen atoms in total. The van der Waals surface area contributed by atoms with Crippen molar-refractivity contribution in [2.75, 3.05) is 13.2 Å². The summed E-state index contributed by atoms with van der Waals surface area (Å²) in [5.41, 5.74) is 1.66. The number of amides is 1. The van der Waals surface area contributed by atoms with Crippen molar-refractivity contribution < 1.29 is 14.1 Å². The Balaban J connectivity index is 2.22. The van der Waals surface area contributed by atoms with Gasteiger partial charge in [0.05, 0.1) is 18.2 Å². The van der Waals surface area contributed by atoms with E-state index in [4.69, 9.17) is 9.26 Å². The van der Waals surface area contributed by atoms with E-state index >= 15 is 0 Å². The number of nitrogens with one attached hydrogen (secondary N) is 1. The van der Waals surface area contributed by atoms with Crippen LogP contribution in [0, 0.1) is 13.8 Å². The molecule has 1 aromatic rings. The Bertz CT molecular complexity index is 366. The third-order valence-electron chi connectivity index (χ3n) is 2.61. The van der Waals surface area contributed by atoms with E-state index in [1.54, 1.807) is 0 Å². The van der Waals surface area contributed by atoms with Gasteiger partial charge in [-0.2, -0.15) is 0 Å². The van der Waals surface area contributed by atoms with Gasteiger partial charge in [-0.05, 0) is 34.1 Å². The molecular weight excluding hydrogens is 232 g/mol. The van der Waals surface area contributed by atoms with Gasteiger partial charge < -0.3 is 14.6 Å². The van der Waals surface area contributed by atoms with Gasteiger partial charge in [0.15, 0.2) is 0 Å². The zero-order valence-electron chi connectivity index (χ0n) is 11.6. The number of aromatic nitrogens is 1. The summed E-state index contributed by atoms with van der Waals surface area (Å²) in [5, 5.41) is 6.68. The lowest BCUT2D eigenvalue weighted by Gasteiger charge is -2.08. The third-order valence-corrected chi connectivity index (χ3v) is 2.61. The monoisotopic (exact) mass is 254 g/mol. The lowest BCUT2D eigenvalue weighted by Crippen LogP contribution is -2.27. The summed E-state index contributed by atoms with van der Waals surface area (Å²) >= 11 is 0. The third kappa shape index (κ3) is 4.87. The van der Waals surface area contributed by atoms with Crippen LogP contribution in [0.1, 0.15) is 37.3 Å². The Hall–Kier alpha value is -1.36. The van der Waals surface area contributed by atoms with E-state index in [2.05, 4.69) is 10.5 Å². The molecule has 18 heavy (non-hydrogen) atoms. The van der Waals surface area contributed by atoms with E-state index in [0.29, 0.717) is 25.3 Å². The first-order chi connectivity index (χ1) is 8.50. The van der Waals surface area contributed by atoms with Crippen molar-refractivity contribution >= 4 is 5.91 Å². The maximum atomic E-state index is 11.7. The SMILES string of the molecule is Cc1noc(C)c1CC(=O)NCCCOC(C)C. The minimum atomic E-state index is -0.00560. The van der Waals surface area contributed by atoms with Crippen LogP contribution in [0.15, 0.2) is 4.52 Å². The number of rotatable bonds is 7. The van der Waals surface area contributed by atoms with E-state index in [9.17, 15) is 4.79 Å². The minimum Gasteiger partial charge on any atom is -0.379 e. The van der Waals surface area contributed by atoms with Gasteiger partial charge in [0.25, 0.3) is 0 Å². The van der Waals surface area contributed by atoms with E-state index in [1.807, 2.05) is 27.7 Å². The van der Waals surface area contributed by atoms with Crippen LogP contribution in [0.5, 0.6) is 0 Å². The summed E-state index contributed by atoms with van der Waals surface area (Å²) in [6.07, 6.45) is 1.39. The fourth-order valence-electron chi connectivity index (χ4n) is 1.60. The summed E-state index contributed by atoms with van der Waals surface area (Å²) < 4.78 is 10.4. The number of nitrogens with zero attached hydrogens (tertiary/aromatic N) is 1. The predicted octanol–water partition coefficient (Wildman–Crippen LogP) is 1.77. The molecule has 0 radical (unpaired) electrons. The molecule has 0 aromatic carbocycles. The van der Waals surface area contributed by atoms with Gasteiger partial charge in [0.2, 0.25) is 5.91 Å². The van der Waals surface area contributed by atoms with Gasteiger partial charge in [0, 0.05) is 18.7 Å². The lowest BCUT2D eigenvalue weighted by molar-refractivity contribution is -0.120. The molecule has 1 amide bonds. The predicted molar refractivity (Wildman–Crippen MR) is 68.4 cm³/mol. The highest BCUT2D eigenvalue weighted by Crippen LogP contribution is 2.12. The molecule has 1 heterocycles. The molecule has 0 saturated carbocycles. The lowest BCUT2D eigenvalue weighted by atomic mass is 10.1. The molecule has 0 saturated heterocycles. The first-order valence-corrected chi connectivity index (χ1v) is 6.30. The van der Waals surface area contributed by atoms with Gasteiger partial charge in [-0.3, -0.25) is 4.79 Å². The fourth-order valence-corrected chi connectivity index (χ4v) is 1.60. The number of hydrogen-bond donors (Lipinski definition) is 1. The van der Waals surface area contributed by atoms with Crippen molar-refractivity contribution in [3.05, 3.63) is 17.0 Å². The standard InChI is InChI=1S/C13H22N2O3/c1-9(2)17-7-5-6-14-13(16)8-12-10(3)15-18-11(12)4/h9H,5-8H2,1-4H3,(H,14,16). The summed E-state index contributed by atoms with van der Waals surface area (Å²) in [5.74, 6) is 0.708. The minimum absolute atomic E-state index is 0.00560. The summed E-state index contributed by atoms with van der Waals surface area (Å²) in [4.78, 5) is 11.7. The molecule has 0 fully saturated rings. The molecule has 0 atom stereocenters. The Morgan fingerprint density at radius 3 is 2.72 bits per heavy atom. The Morgan fingerprint density at radius 1 is 1.44 bits per heavy atom. The number of carbonyl (C=O) groups excluding carboxylic acids is 1. The van der Waals surface area contributed by atoms with Gasteiger partial charge in [0.1, 0.15) is 5.76 Å². The van der Waals surface area contributed by atoms with Crippen LogP contribution in [-0.4, -0.2) is 30.3 Å². The largest absolute Gasteiger partial charge is 0.379 e. The van der Waals surface area contributed by atoms with Gasteiger partial charge in [-0.1, -0.05) is 5.16 Å². The Kier molecular flexibility index (Phi) is 5.85. The van der Waals surface area contributed by atoms with E-state index in [-0.39, 0.29) is 12.0 Å². The molecule has 0 aliphatic heterocycles. The van der Waals surface area contributed by atoms with Gasteiger partial charge in [-0.25, -0.2) is 0 Å². The van der Waals surface area contributed by atoms with Crippen LogP contribution in [0.4, 0.5) is 0 Å². The van der Waals surface area contributed by atoms with Crippen LogP contribution < -0.4 is 5.32 Å². The summed E-state index contributed by atoms with van der Waals surface area (Å²) in [7, 11) is 0. The normalized spacial score (nSPS) is 10.9. The molecule has 5 heteroatoms. The zero-order chi connectivity index (χ0) is 13.5. The summed E-state index contributed by atoms with van der Waals surface area (Å²) in [6, 6.07) is 0. The highest BCUT2D eigenvalue weighted by Gasteiger charge is 2.12. The fraction of sp³-hybridized carbons (Fsp3) is 0.692. The second-order valence-electron chi connectivity index (χ2n) is 4.60. The molecule has 0 aliphatic rings. The van der Waals surface area contributed by atoms with Crippen molar-refractivity contribution in [1.29, 1.82) is 0 Å². The average molecular weight is 254 g/mol. The first kappa shape index (κ1) is 14.7. The van der Waals surface area contributed by atoms with Crippen molar-refractivity contribution in [3.8, 4) is 0 Å². The quantitative estimate of drug-likeness (QED) is 0.753. The van der Waals surface area contributed by atoms with Crippen LogP contribution in [0.3, 0.4) is 0 Å². The first-order valence-electron chi connectivity index (χ1n) is 6.30. The molecule has 0 aliphatic carbocycles. The second kappa shape index (κ2) is 7.16. The molecule has 102 valence electrons. The summed E-state index contributed by atoms with van der Waals surface area (Å²) in [6.45, 7) is 8.96. The zero-order valence-corrected chi connectivity index (χ0v) is 11.6. The van der Waals surface area contributed by atoms with Gasteiger partial charge in [-0.15, -0.1) is 0 Å². The van der Waals surface area contributed by atoms with Crippen LogP contribution in [-0.2, 0) is 16.0 Å². The highest BCUT2D eigenvalue weighted by atomic mass is 16.5. The number of ether oxygens (including phenoxy) is 1. The van der Waals surface area contributed by atoms with E-state index < -0.39 is 0 Å². The molecule has 0 spiro atoms. The number of hydrogen-bond acceptors (Lipinski definition) is 4. The molecule has 0 bridgehead atoms. The molecule has 1 N–H and O–H groups in total. The molecule has 1 aromatic heterocycles. The topological polar surface area (TPSA) is 64.4 Å². The van der Waals surface area contributed by atoms with Crippen molar-refractivity contribution in [2.45, 2.75) is 46.6 Å². The Morgan fingerprint density at radius 2 is 2.17 bits per heavy atom. The molecule has 1 rings (SSSR count). The van der Waals surface area contributed by atoms with Crippen LogP contribution in [0.25, 0.3) is 0 Å². The Labute approximate surface area is 108 Å². The van der Waals surface area contributed by atoms with E-state index in [0.717, 1.165) is 17.7 Å². The molecule has 0 unspecified atom stereocenters. The second-order valence-corrected chi connectivity index (χ2v) is 4.60. The number of aryl methyl sites for hydroxylation is 2. The molecular formula is C13H22N2O3. The van der Waals surface area contributed by atoms with Crippen LogP contribution >= 0.6 is 0 Å². The van der Waals surface area contributed by atoms with Crippen LogP contribution in [0.2, 0.25) is 0 Å². The van der Waals surface area contributed by atoms with Crippen molar-refractivity contribution in [1.82, 2.24) is 10.5 Å². The van der Waals surface area contributed by atoms with Crippen molar-refractivity contribution in [2.24, 2.45) is 0 Å². The van der Waals surface area contributed by atoms with Crippen molar-refractivity contribution in [3.63, 3.8) is 0 Å². The smallest absolute Gasteiger partial charge is 0.224 e. The van der Waals surface area contributed by atoms with Gasteiger partial charge >= 0.3 is 0 Å². The van der Waals surface area contributed by atoms with E-state index in [1.165, 1.54) is 0 Å². The maximum absolute atomic E-state index is 11.7. The highest BCUT2D eigenvalue weighted by molar-refractivity contribution is 5.78. The maximum Gasteiger partial charge on any atom is 0.224 e.